The van der Waals surface area contributed by atoms with Crippen molar-refractivity contribution in [1.29, 1.82) is 0 Å². The number of benzene rings is 9. The molecule has 9 aromatic carbocycles. The van der Waals surface area contributed by atoms with Gasteiger partial charge >= 0.3 is 0 Å². The van der Waals surface area contributed by atoms with Crippen LogP contribution < -0.4 is 0 Å². The molecule has 2 aromatic heterocycles. The van der Waals surface area contributed by atoms with E-state index in [0.29, 0.717) is 17.5 Å². The van der Waals surface area contributed by atoms with E-state index in [2.05, 4.69) is 187 Å². The summed E-state index contributed by atoms with van der Waals surface area (Å²) in [7, 11) is 0. The molecule has 4 heteroatoms. The number of aromatic nitrogens is 4. The van der Waals surface area contributed by atoms with E-state index >= 15 is 0 Å². The highest BCUT2D eigenvalue weighted by Gasteiger charge is 2.23. The lowest BCUT2D eigenvalue weighted by atomic mass is 9.91. The Morgan fingerprint density at radius 1 is 0.273 bits per heavy atom. The highest BCUT2D eigenvalue weighted by molar-refractivity contribution is 6.36. The van der Waals surface area contributed by atoms with Gasteiger partial charge in [-0.1, -0.05) is 164 Å². The van der Waals surface area contributed by atoms with Crippen molar-refractivity contribution >= 4 is 43.4 Å². The highest BCUT2D eigenvalue weighted by Crippen LogP contribution is 2.46. The molecule has 0 aliphatic heterocycles. The maximum absolute atomic E-state index is 5.29. The van der Waals surface area contributed by atoms with Gasteiger partial charge in [-0.25, -0.2) is 15.0 Å². The monoisotopic (exact) mass is 700 g/mol. The summed E-state index contributed by atoms with van der Waals surface area (Å²) in [6, 6.07) is 68.4. The van der Waals surface area contributed by atoms with E-state index in [1.54, 1.807) is 0 Å². The van der Waals surface area contributed by atoms with Crippen molar-refractivity contribution in [3.63, 3.8) is 0 Å². The predicted octanol–water partition coefficient (Wildman–Crippen LogP) is 13.0. The Labute approximate surface area is 318 Å². The van der Waals surface area contributed by atoms with Crippen molar-refractivity contribution in [3.8, 4) is 62.1 Å². The van der Waals surface area contributed by atoms with Crippen molar-refractivity contribution in [3.05, 3.63) is 194 Å². The molecule has 0 amide bonds. The van der Waals surface area contributed by atoms with Crippen LogP contribution in [0.1, 0.15) is 0 Å². The smallest absolute Gasteiger partial charge is 0.164 e. The van der Waals surface area contributed by atoms with E-state index in [1.165, 1.54) is 43.6 Å². The van der Waals surface area contributed by atoms with E-state index in [0.717, 1.165) is 44.4 Å². The van der Waals surface area contributed by atoms with E-state index < -0.39 is 0 Å². The third kappa shape index (κ3) is 5.11. The first-order valence-electron chi connectivity index (χ1n) is 18.6. The quantitative estimate of drug-likeness (QED) is 0.162. The van der Waals surface area contributed by atoms with Crippen molar-refractivity contribution < 1.29 is 0 Å². The Balaban J connectivity index is 1.17. The Hall–Kier alpha value is -7.43. The van der Waals surface area contributed by atoms with Gasteiger partial charge in [-0.15, -0.1) is 0 Å². The minimum Gasteiger partial charge on any atom is -0.309 e. The molecular weight excluding hydrogens is 669 g/mol. The Morgan fingerprint density at radius 2 is 0.709 bits per heavy atom. The second-order valence-electron chi connectivity index (χ2n) is 14.0. The van der Waals surface area contributed by atoms with Gasteiger partial charge < -0.3 is 4.57 Å². The number of nitrogens with zero attached hydrogens (tertiary/aromatic N) is 4. The van der Waals surface area contributed by atoms with E-state index in [4.69, 9.17) is 15.0 Å². The molecule has 4 nitrogen and oxygen atoms in total. The summed E-state index contributed by atoms with van der Waals surface area (Å²) in [5.74, 6) is 1.91. The molecule has 0 bridgehead atoms. The standard InChI is InChI=1S/C51H32N4/c1-4-13-33(14-5-1)35-23-27-37(28-24-35)49-52-50(38-29-25-36(26-30-38)34-15-6-2-7-16-34)54-51(53-49)43-31-32-45-48-46(43)41-20-11-10-19-40(41)42-21-12-22-44(47(42)48)55(45)39-17-8-3-9-18-39/h1-32H. The van der Waals surface area contributed by atoms with Gasteiger partial charge in [0.1, 0.15) is 0 Å². The van der Waals surface area contributed by atoms with Crippen LogP contribution >= 0.6 is 0 Å². The van der Waals surface area contributed by atoms with E-state index in [-0.39, 0.29) is 0 Å². The summed E-state index contributed by atoms with van der Waals surface area (Å²) in [5, 5.41) is 7.24. The molecule has 0 atom stereocenters. The van der Waals surface area contributed by atoms with Gasteiger partial charge in [0.05, 0.1) is 11.0 Å². The average Bonchev–Trinajstić information content (AvgIpc) is 3.62. The molecule has 0 N–H and O–H groups in total. The largest absolute Gasteiger partial charge is 0.309 e. The molecule has 256 valence electrons. The fourth-order valence-corrected chi connectivity index (χ4v) is 8.27. The molecule has 0 aliphatic carbocycles. The van der Waals surface area contributed by atoms with Gasteiger partial charge in [0.25, 0.3) is 0 Å². The van der Waals surface area contributed by atoms with E-state index in [9.17, 15) is 0 Å². The molecule has 0 radical (unpaired) electrons. The van der Waals surface area contributed by atoms with Crippen LogP contribution in [-0.4, -0.2) is 19.5 Å². The van der Waals surface area contributed by atoms with Crippen LogP contribution in [0, 0.1) is 0 Å². The maximum Gasteiger partial charge on any atom is 0.164 e. The first-order chi connectivity index (χ1) is 27.3. The van der Waals surface area contributed by atoms with Crippen LogP contribution in [0.25, 0.3) is 105 Å². The summed E-state index contributed by atoms with van der Waals surface area (Å²) in [6.07, 6.45) is 0. The summed E-state index contributed by atoms with van der Waals surface area (Å²) in [5.41, 5.74) is 11.0. The Morgan fingerprint density at radius 3 is 1.31 bits per heavy atom. The van der Waals surface area contributed by atoms with Crippen LogP contribution in [0.4, 0.5) is 0 Å². The van der Waals surface area contributed by atoms with Crippen molar-refractivity contribution in [2.45, 2.75) is 0 Å². The molecule has 0 fully saturated rings. The second kappa shape index (κ2) is 12.6. The van der Waals surface area contributed by atoms with E-state index in [1.807, 2.05) is 12.1 Å². The van der Waals surface area contributed by atoms with Crippen LogP contribution in [0.3, 0.4) is 0 Å². The zero-order valence-corrected chi connectivity index (χ0v) is 29.8. The minimum atomic E-state index is 0.635. The second-order valence-corrected chi connectivity index (χ2v) is 14.0. The lowest BCUT2D eigenvalue weighted by Gasteiger charge is -2.14. The number of hydrogen-bond donors (Lipinski definition) is 0. The molecule has 55 heavy (non-hydrogen) atoms. The van der Waals surface area contributed by atoms with Gasteiger partial charge in [-0.2, -0.15) is 0 Å². The van der Waals surface area contributed by atoms with Gasteiger partial charge in [-0.05, 0) is 68.7 Å². The van der Waals surface area contributed by atoms with Crippen LogP contribution in [0.5, 0.6) is 0 Å². The first-order valence-corrected chi connectivity index (χ1v) is 18.6. The van der Waals surface area contributed by atoms with Crippen LogP contribution in [-0.2, 0) is 0 Å². The lowest BCUT2D eigenvalue weighted by Crippen LogP contribution is -2.01. The zero-order valence-electron chi connectivity index (χ0n) is 29.8. The number of para-hydroxylation sites is 1. The molecule has 0 saturated carbocycles. The Kier molecular flexibility index (Phi) is 7.14. The molecule has 0 saturated heterocycles. The molecule has 0 unspecified atom stereocenters. The number of rotatable bonds is 6. The topological polar surface area (TPSA) is 43.6 Å². The lowest BCUT2D eigenvalue weighted by molar-refractivity contribution is 1.08. The van der Waals surface area contributed by atoms with Gasteiger partial charge in [-0.3, -0.25) is 0 Å². The van der Waals surface area contributed by atoms with Crippen molar-refractivity contribution in [1.82, 2.24) is 19.5 Å². The summed E-state index contributed by atoms with van der Waals surface area (Å²) in [6.45, 7) is 0. The molecule has 0 spiro atoms. The maximum atomic E-state index is 5.29. The fraction of sp³-hybridized carbons (Fsp3) is 0. The first kappa shape index (κ1) is 31.1. The van der Waals surface area contributed by atoms with Crippen molar-refractivity contribution in [2.75, 3.05) is 0 Å². The van der Waals surface area contributed by atoms with Crippen LogP contribution in [0.15, 0.2) is 194 Å². The molecule has 11 aromatic rings. The predicted molar refractivity (Wildman–Crippen MR) is 228 cm³/mol. The van der Waals surface area contributed by atoms with Gasteiger partial charge in [0.15, 0.2) is 17.5 Å². The van der Waals surface area contributed by atoms with Gasteiger partial charge in [0, 0.05) is 38.5 Å². The Bertz CT molecular complexity index is 3050. The molecular formula is C51H32N4. The van der Waals surface area contributed by atoms with Crippen molar-refractivity contribution in [2.24, 2.45) is 0 Å². The third-order valence-corrected chi connectivity index (χ3v) is 10.8. The van der Waals surface area contributed by atoms with Gasteiger partial charge in [0.2, 0.25) is 0 Å². The SMILES string of the molecule is c1ccc(-c2ccc(-c3nc(-c4ccc(-c5ccccc5)cc4)nc(-c4ccc5c6c4c4ccccc4c4cccc(c46)n5-c4ccccc4)n3)cc2)cc1. The minimum absolute atomic E-state index is 0.635. The molecule has 11 rings (SSSR count). The summed E-state index contributed by atoms with van der Waals surface area (Å²) in [4.78, 5) is 15.7. The average molecular weight is 701 g/mol. The molecule has 0 aliphatic rings. The highest BCUT2D eigenvalue weighted by atomic mass is 15.0. The number of hydrogen-bond acceptors (Lipinski definition) is 3. The zero-order chi connectivity index (χ0) is 36.3. The summed E-state index contributed by atoms with van der Waals surface area (Å²) >= 11 is 0. The summed E-state index contributed by atoms with van der Waals surface area (Å²) < 4.78 is 2.39. The third-order valence-electron chi connectivity index (χ3n) is 10.8. The fourth-order valence-electron chi connectivity index (χ4n) is 8.27. The van der Waals surface area contributed by atoms with Crippen LogP contribution in [0.2, 0.25) is 0 Å². The molecule has 2 heterocycles. The number of fused-ring (bicyclic) bond motifs is 3. The normalized spacial score (nSPS) is 11.6.